The fourth-order valence-corrected chi connectivity index (χ4v) is 4.68. The molecule has 4 rings (SSSR count). The third-order valence-corrected chi connectivity index (χ3v) is 6.50. The van der Waals surface area contributed by atoms with Gasteiger partial charge in [0.15, 0.2) is 5.13 Å². The highest BCUT2D eigenvalue weighted by Crippen LogP contribution is 2.40. The number of carbonyl (C=O) groups is 1. The van der Waals surface area contributed by atoms with E-state index in [0.29, 0.717) is 15.7 Å². The molecular weight excluding hydrogens is 442 g/mol. The van der Waals surface area contributed by atoms with Crippen molar-refractivity contribution in [3.8, 4) is 33.2 Å². The number of nitrogens with one attached hydrogen (secondary N) is 1. The van der Waals surface area contributed by atoms with Crippen molar-refractivity contribution in [3.63, 3.8) is 0 Å². The highest BCUT2D eigenvalue weighted by atomic mass is 32.2. The second kappa shape index (κ2) is 9.84. The number of nitrogens with zero attached hydrogens (tertiary/aromatic N) is 2. The molecule has 0 saturated carbocycles. The maximum Gasteiger partial charge on any atom is 0.260 e. The lowest BCUT2D eigenvalue weighted by atomic mass is 10.1. The minimum Gasteiger partial charge on any atom is -0.497 e. The number of pyridine rings is 1. The Kier molecular flexibility index (Phi) is 6.72. The summed E-state index contributed by atoms with van der Waals surface area (Å²) in [5.74, 6) is 1.31. The van der Waals surface area contributed by atoms with E-state index in [2.05, 4.69) is 10.3 Å². The number of anilines is 1. The van der Waals surface area contributed by atoms with Crippen LogP contribution in [0.1, 0.15) is 10.4 Å². The van der Waals surface area contributed by atoms with Crippen LogP contribution < -0.4 is 14.8 Å². The van der Waals surface area contributed by atoms with Crippen molar-refractivity contribution in [3.05, 3.63) is 72.4 Å². The van der Waals surface area contributed by atoms with Gasteiger partial charge in [-0.2, -0.15) is 0 Å². The monoisotopic (exact) mass is 463 g/mol. The fourth-order valence-electron chi connectivity index (χ4n) is 3.15. The number of rotatable bonds is 7. The Hall–Kier alpha value is -3.36. The summed E-state index contributed by atoms with van der Waals surface area (Å²) in [6.07, 6.45) is 3.57. The Morgan fingerprint density at radius 1 is 0.938 bits per heavy atom. The average Bonchev–Trinajstić information content (AvgIpc) is 3.27. The smallest absolute Gasteiger partial charge is 0.260 e. The van der Waals surface area contributed by atoms with Crippen molar-refractivity contribution in [1.82, 2.24) is 9.97 Å². The summed E-state index contributed by atoms with van der Waals surface area (Å²) in [6, 6.07) is 19.0. The summed E-state index contributed by atoms with van der Waals surface area (Å²) in [5, 5.41) is 4.13. The van der Waals surface area contributed by atoms with E-state index in [1.54, 1.807) is 32.5 Å². The van der Waals surface area contributed by atoms with Crippen LogP contribution in [0.15, 0.2) is 71.9 Å². The zero-order valence-electron chi connectivity index (χ0n) is 17.8. The van der Waals surface area contributed by atoms with Crippen molar-refractivity contribution in [1.29, 1.82) is 0 Å². The molecule has 0 bridgehead atoms. The normalized spacial score (nSPS) is 10.6. The van der Waals surface area contributed by atoms with E-state index < -0.39 is 0 Å². The van der Waals surface area contributed by atoms with E-state index >= 15 is 0 Å². The molecule has 0 saturated heterocycles. The number of aromatic nitrogens is 2. The maximum atomic E-state index is 12.9. The van der Waals surface area contributed by atoms with Gasteiger partial charge in [0.2, 0.25) is 0 Å². The van der Waals surface area contributed by atoms with Gasteiger partial charge in [-0.05, 0) is 72.5 Å². The standard InChI is InChI=1S/C24H21N3O3S2/c1-29-17-10-6-15(7-11-17)20-21(16-8-12-18(30-2)13-9-16)32-24(26-20)27-22(28)19-5-4-14-25-23(19)31-3/h4-14H,1-3H3,(H,26,27,28). The summed E-state index contributed by atoms with van der Waals surface area (Å²) in [4.78, 5) is 22.9. The number of hydrogen-bond acceptors (Lipinski definition) is 7. The number of hydrogen-bond donors (Lipinski definition) is 1. The van der Waals surface area contributed by atoms with E-state index in [9.17, 15) is 4.79 Å². The fraction of sp³-hybridized carbons (Fsp3) is 0.125. The first-order chi connectivity index (χ1) is 15.6. The molecule has 0 spiro atoms. The summed E-state index contributed by atoms with van der Waals surface area (Å²) in [5.41, 5.74) is 3.22. The Morgan fingerprint density at radius 3 is 2.16 bits per heavy atom. The molecule has 0 aliphatic rings. The van der Waals surface area contributed by atoms with Crippen LogP contribution in [0.25, 0.3) is 21.7 Å². The second-order valence-corrected chi connectivity index (χ2v) is 8.46. The third kappa shape index (κ3) is 4.61. The molecule has 0 unspecified atom stereocenters. The van der Waals surface area contributed by atoms with Gasteiger partial charge in [-0.15, -0.1) is 11.8 Å². The largest absolute Gasteiger partial charge is 0.497 e. The lowest BCUT2D eigenvalue weighted by molar-refractivity contribution is 0.102. The van der Waals surface area contributed by atoms with Crippen molar-refractivity contribution >= 4 is 34.1 Å². The van der Waals surface area contributed by atoms with Crippen molar-refractivity contribution in [2.24, 2.45) is 0 Å². The van der Waals surface area contributed by atoms with Gasteiger partial charge in [-0.25, -0.2) is 9.97 Å². The van der Waals surface area contributed by atoms with Crippen LogP contribution in [0.4, 0.5) is 5.13 Å². The number of thiazole rings is 1. The predicted molar refractivity (Wildman–Crippen MR) is 130 cm³/mol. The molecule has 2 aromatic heterocycles. The molecule has 0 aliphatic heterocycles. The molecule has 0 fully saturated rings. The van der Waals surface area contributed by atoms with Crippen LogP contribution in [0.3, 0.4) is 0 Å². The van der Waals surface area contributed by atoms with E-state index in [4.69, 9.17) is 14.5 Å². The molecule has 6 nitrogen and oxygen atoms in total. The van der Waals surface area contributed by atoms with Gasteiger partial charge in [0.05, 0.1) is 30.4 Å². The van der Waals surface area contributed by atoms with Gasteiger partial charge >= 0.3 is 0 Å². The lowest BCUT2D eigenvalue weighted by Crippen LogP contribution is -2.13. The van der Waals surface area contributed by atoms with Gasteiger partial charge in [0, 0.05) is 11.8 Å². The molecule has 0 aliphatic carbocycles. The molecule has 4 aromatic rings. The molecule has 2 heterocycles. The van der Waals surface area contributed by atoms with Crippen LogP contribution in [-0.2, 0) is 0 Å². The number of carbonyl (C=O) groups excluding carboxylic acids is 1. The van der Waals surface area contributed by atoms with E-state index in [-0.39, 0.29) is 5.91 Å². The number of thioether (sulfide) groups is 1. The quantitative estimate of drug-likeness (QED) is 0.346. The maximum absolute atomic E-state index is 12.9. The zero-order chi connectivity index (χ0) is 22.5. The first-order valence-electron chi connectivity index (χ1n) is 9.73. The Morgan fingerprint density at radius 2 is 1.56 bits per heavy atom. The third-order valence-electron chi connectivity index (χ3n) is 4.77. The van der Waals surface area contributed by atoms with Crippen LogP contribution in [0.2, 0.25) is 0 Å². The van der Waals surface area contributed by atoms with Crippen molar-refractivity contribution < 1.29 is 14.3 Å². The number of ether oxygens (including phenoxy) is 2. The second-order valence-electron chi connectivity index (χ2n) is 6.67. The molecule has 8 heteroatoms. The van der Waals surface area contributed by atoms with Crippen LogP contribution in [0, 0.1) is 0 Å². The Balaban J connectivity index is 1.73. The molecule has 2 aromatic carbocycles. The van der Waals surface area contributed by atoms with E-state index in [0.717, 1.165) is 33.2 Å². The van der Waals surface area contributed by atoms with Gasteiger partial charge < -0.3 is 9.47 Å². The topological polar surface area (TPSA) is 73.3 Å². The van der Waals surface area contributed by atoms with Gasteiger partial charge in [0.25, 0.3) is 5.91 Å². The highest BCUT2D eigenvalue weighted by Gasteiger charge is 2.19. The van der Waals surface area contributed by atoms with Crippen LogP contribution in [0.5, 0.6) is 11.5 Å². The minimum absolute atomic E-state index is 0.237. The Bertz CT molecular complexity index is 1160. The lowest BCUT2D eigenvalue weighted by Gasteiger charge is -2.05. The average molecular weight is 464 g/mol. The summed E-state index contributed by atoms with van der Waals surface area (Å²) >= 11 is 2.86. The Labute approximate surface area is 194 Å². The van der Waals surface area contributed by atoms with Crippen LogP contribution in [-0.4, -0.2) is 36.4 Å². The number of methoxy groups -OCH3 is 2. The first kappa shape index (κ1) is 21.9. The molecule has 1 N–H and O–H groups in total. The molecule has 162 valence electrons. The number of amides is 1. The van der Waals surface area contributed by atoms with Gasteiger partial charge in [-0.1, -0.05) is 11.3 Å². The van der Waals surface area contributed by atoms with Gasteiger partial charge in [-0.3, -0.25) is 10.1 Å². The molecule has 32 heavy (non-hydrogen) atoms. The summed E-state index contributed by atoms with van der Waals surface area (Å²) in [7, 11) is 3.27. The van der Waals surface area contributed by atoms with Crippen molar-refractivity contribution in [2.75, 3.05) is 25.8 Å². The van der Waals surface area contributed by atoms with E-state index in [1.807, 2.05) is 54.8 Å². The highest BCUT2D eigenvalue weighted by molar-refractivity contribution is 7.98. The summed E-state index contributed by atoms with van der Waals surface area (Å²) in [6.45, 7) is 0. The molecular formula is C24H21N3O3S2. The van der Waals surface area contributed by atoms with Gasteiger partial charge in [0.1, 0.15) is 16.5 Å². The molecule has 0 atom stereocenters. The predicted octanol–water partition coefficient (Wildman–Crippen LogP) is 5.86. The van der Waals surface area contributed by atoms with Crippen LogP contribution >= 0.6 is 23.1 Å². The number of benzene rings is 2. The van der Waals surface area contributed by atoms with Crippen molar-refractivity contribution in [2.45, 2.75) is 5.03 Å². The molecule has 0 radical (unpaired) electrons. The minimum atomic E-state index is -0.237. The van der Waals surface area contributed by atoms with E-state index in [1.165, 1.54) is 23.1 Å². The zero-order valence-corrected chi connectivity index (χ0v) is 19.4. The SMILES string of the molecule is COc1ccc(-c2nc(NC(=O)c3cccnc3SC)sc2-c2ccc(OC)cc2)cc1. The first-order valence-corrected chi connectivity index (χ1v) is 11.8. The summed E-state index contributed by atoms with van der Waals surface area (Å²) < 4.78 is 10.6. The molecule has 1 amide bonds.